The Labute approximate surface area is 196 Å². The molecule has 2 unspecified atom stereocenters. The van der Waals surface area contributed by atoms with Gasteiger partial charge in [-0.3, -0.25) is 14.4 Å². The van der Waals surface area contributed by atoms with Crippen LogP contribution in [-0.4, -0.2) is 53.9 Å². The molecule has 0 aromatic heterocycles. The normalized spacial score (nSPS) is 17.5. The Morgan fingerprint density at radius 2 is 1.79 bits per heavy atom. The Hall–Kier alpha value is -3.39. The molecule has 1 aliphatic rings. The molecule has 1 saturated heterocycles. The van der Waals surface area contributed by atoms with Crippen molar-refractivity contribution in [2.75, 3.05) is 13.2 Å². The number of carbonyl (C=O) groups is 4. The lowest BCUT2D eigenvalue weighted by Crippen LogP contribution is -2.44. The number of halogens is 1. The van der Waals surface area contributed by atoms with Crippen molar-refractivity contribution in [1.82, 2.24) is 10.2 Å². The van der Waals surface area contributed by atoms with E-state index in [0.717, 1.165) is 11.1 Å². The molecule has 9 heteroatoms. The fraction of sp³-hybridized carbons (Fsp3) is 0.333. The van der Waals surface area contributed by atoms with Crippen molar-refractivity contribution < 1.29 is 28.7 Å². The van der Waals surface area contributed by atoms with Crippen LogP contribution in [0.3, 0.4) is 0 Å². The van der Waals surface area contributed by atoms with Gasteiger partial charge in [0.05, 0.1) is 13.0 Å². The van der Waals surface area contributed by atoms with E-state index >= 15 is 0 Å². The largest absolute Gasteiger partial charge is 0.457 e. The molecule has 1 heterocycles. The van der Waals surface area contributed by atoms with Crippen LogP contribution in [0.15, 0.2) is 54.6 Å². The van der Waals surface area contributed by atoms with Gasteiger partial charge in [0.1, 0.15) is 12.6 Å². The SMILES string of the molecule is CC1CC(NC(=O)OCc2cccc(Cl)c2)C(=O)N1CC(=O)COC(=O)Cc1ccccc1. The smallest absolute Gasteiger partial charge is 0.408 e. The van der Waals surface area contributed by atoms with Gasteiger partial charge in [-0.05, 0) is 36.6 Å². The molecule has 33 heavy (non-hydrogen) atoms. The molecule has 174 valence electrons. The van der Waals surface area contributed by atoms with Gasteiger partial charge < -0.3 is 19.7 Å². The van der Waals surface area contributed by atoms with Crippen LogP contribution in [0.1, 0.15) is 24.5 Å². The van der Waals surface area contributed by atoms with Crippen molar-refractivity contribution in [3.05, 3.63) is 70.7 Å². The molecule has 8 nitrogen and oxygen atoms in total. The summed E-state index contributed by atoms with van der Waals surface area (Å²) in [5, 5.41) is 3.07. The second kappa shape index (κ2) is 11.5. The first-order chi connectivity index (χ1) is 15.8. The summed E-state index contributed by atoms with van der Waals surface area (Å²) in [5.41, 5.74) is 1.51. The van der Waals surface area contributed by atoms with E-state index in [1.165, 1.54) is 4.90 Å². The molecule has 2 aromatic rings. The zero-order valence-corrected chi connectivity index (χ0v) is 18.9. The van der Waals surface area contributed by atoms with E-state index in [-0.39, 0.29) is 31.5 Å². The first-order valence-electron chi connectivity index (χ1n) is 10.5. The van der Waals surface area contributed by atoms with E-state index in [9.17, 15) is 19.2 Å². The zero-order valence-electron chi connectivity index (χ0n) is 18.2. The molecule has 1 fully saturated rings. The number of Topliss-reactive ketones (excluding diaryl/α,β-unsaturated/α-hetero) is 1. The molecule has 0 saturated carbocycles. The van der Waals surface area contributed by atoms with E-state index in [0.29, 0.717) is 11.4 Å². The maximum absolute atomic E-state index is 12.7. The minimum absolute atomic E-state index is 0.0133. The Bertz CT molecular complexity index is 1010. The number of alkyl carbamates (subject to hydrolysis) is 1. The van der Waals surface area contributed by atoms with E-state index in [1.54, 1.807) is 43.3 Å². The zero-order chi connectivity index (χ0) is 23.8. The maximum Gasteiger partial charge on any atom is 0.408 e. The monoisotopic (exact) mass is 472 g/mol. The number of nitrogens with one attached hydrogen (secondary N) is 1. The van der Waals surface area contributed by atoms with Gasteiger partial charge in [0.15, 0.2) is 12.4 Å². The van der Waals surface area contributed by atoms with Crippen molar-refractivity contribution in [1.29, 1.82) is 0 Å². The number of nitrogens with zero attached hydrogens (tertiary/aromatic N) is 1. The minimum Gasteiger partial charge on any atom is -0.457 e. The van der Waals surface area contributed by atoms with Crippen LogP contribution in [0, 0.1) is 0 Å². The third kappa shape index (κ3) is 7.32. The highest BCUT2D eigenvalue weighted by Crippen LogP contribution is 2.19. The fourth-order valence-corrected chi connectivity index (χ4v) is 3.72. The predicted molar refractivity (Wildman–Crippen MR) is 120 cm³/mol. The van der Waals surface area contributed by atoms with Gasteiger partial charge in [0.2, 0.25) is 5.91 Å². The third-order valence-electron chi connectivity index (χ3n) is 5.17. The molecular weight excluding hydrogens is 448 g/mol. The summed E-state index contributed by atoms with van der Waals surface area (Å²) in [6.07, 6.45) is -0.327. The van der Waals surface area contributed by atoms with Gasteiger partial charge in [-0.15, -0.1) is 0 Å². The molecule has 2 atom stereocenters. The number of rotatable bonds is 9. The molecule has 2 aromatic carbocycles. The molecule has 3 rings (SSSR count). The molecule has 1 N–H and O–H groups in total. The third-order valence-corrected chi connectivity index (χ3v) is 5.41. The number of likely N-dealkylation sites (tertiary alicyclic amines) is 1. The van der Waals surface area contributed by atoms with Crippen LogP contribution < -0.4 is 5.32 Å². The van der Waals surface area contributed by atoms with Crippen molar-refractivity contribution in [2.24, 2.45) is 0 Å². The van der Waals surface area contributed by atoms with Gasteiger partial charge in [-0.1, -0.05) is 54.1 Å². The molecule has 0 bridgehead atoms. The van der Waals surface area contributed by atoms with E-state index in [2.05, 4.69) is 5.32 Å². The Morgan fingerprint density at radius 1 is 1.06 bits per heavy atom. The number of carbonyl (C=O) groups excluding carboxylic acids is 4. The van der Waals surface area contributed by atoms with Crippen molar-refractivity contribution in [2.45, 2.75) is 38.5 Å². The summed E-state index contributed by atoms with van der Waals surface area (Å²) < 4.78 is 10.2. The van der Waals surface area contributed by atoms with Crippen LogP contribution in [0.2, 0.25) is 5.02 Å². The summed E-state index contributed by atoms with van der Waals surface area (Å²) in [6.45, 7) is 1.18. The Kier molecular flexibility index (Phi) is 8.43. The van der Waals surface area contributed by atoms with E-state index in [4.69, 9.17) is 21.1 Å². The van der Waals surface area contributed by atoms with Gasteiger partial charge in [-0.25, -0.2) is 4.79 Å². The lowest BCUT2D eigenvalue weighted by molar-refractivity contribution is -0.148. The number of ketones is 1. The summed E-state index contributed by atoms with van der Waals surface area (Å²) in [7, 11) is 0. The summed E-state index contributed by atoms with van der Waals surface area (Å²) >= 11 is 5.90. The van der Waals surface area contributed by atoms with Crippen LogP contribution in [-0.2, 0) is 36.9 Å². The van der Waals surface area contributed by atoms with Crippen molar-refractivity contribution >= 4 is 35.4 Å². The molecule has 0 spiro atoms. The number of esters is 1. The number of ether oxygens (including phenoxy) is 2. The summed E-state index contributed by atoms with van der Waals surface area (Å²) in [5.74, 6) is -1.30. The second-order valence-electron chi connectivity index (χ2n) is 7.82. The van der Waals surface area contributed by atoms with E-state index in [1.807, 2.05) is 18.2 Å². The van der Waals surface area contributed by atoms with Crippen LogP contribution in [0.4, 0.5) is 4.79 Å². The Balaban J connectivity index is 1.42. The number of benzene rings is 2. The molecule has 1 aliphatic heterocycles. The first-order valence-corrected chi connectivity index (χ1v) is 10.9. The van der Waals surface area contributed by atoms with Gasteiger partial charge in [0.25, 0.3) is 0 Å². The highest BCUT2D eigenvalue weighted by molar-refractivity contribution is 6.30. The minimum atomic E-state index is -0.791. The van der Waals surface area contributed by atoms with Gasteiger partial charge >= 0.3 is 12.1 Å². The van der Waals surface area contributed by atoms with Crippen LogP contribution in [0.25, 0.3) is 0 Å². The van der Waals surface area contributed by atoms with E-state index < -0.39 is 30.5 Å². The number of amides is 2. The fourth-order valence-electron chi connectivity index (χ4n) is 3.51. The number of hydrogen-bond donors (Lipinski definition) is 1. The molecular formula is C24H25ClN2O6. The Morgan fingerprint density at radius 3 is 2.52 bits per heavy atom. The van der Waals surface area contributed by atoms with Gasteiger partial charge in [0, 0.05) is 11.1 Å². The predicted octanol–water partition coefficient (Wildman–Crippen LogP) is 2.91. The second-order valence-corrected chi connectivity index (χ2v) is 8.25. The van der Waals surface area contributed by atoms with Crippen LogP contribution >= 0.6 is 11.6 Å². The highest BCUT2D eigenvalue weighted by atomic mass is 35.5. The molecule has 0 radical (unpaired) electrons. The molecule has 2 amide bonds. The first kappa shape index (κ1) is 24.3. The standard InChI is InChI=1S/C24H25ClN2O6/c1-16-10-21(26-24(31)33-14-18-8-5-9-19(25)11-18)23(30)27(16)13-20(28)15-32-22(29)12-17-6-3-2-4-7-17/h2-9,11,16,21H,10,12-15H2,1H3,(H,26,31). The van der Waals surface area contributed by atoms with Crippen molar-refractivity contribution in [3.8, 4) is 0 Å². The van der Waals surface area contributed by atoms with Crippen LogP contribution in [0.5, 0.6) is 0 Å². The van der Waals surface area contributed by atoms with Gasteiger partial charge in [-0.2, -0.15) is 0 Å². The highest BCUT2D eigenvalue weighted by Gasteiger charge is 2.39. The quantitative estimate of drug-likeness (QED) is 0.563. The topological polar surface area (TPSA) is 102 Å². The van der Waals surface area contributed by atoms with Crippen molar-refractivity contribution in [3.63, 3.8) is 0 Å². The summed E-state index contributed by atoms with van der Waals surface area (Å²) in [6, 6.07) is 14.9. The maximum atomic E-state index is 12.7. The lowest BCUT2D eigenvalue weighted by atomic mass is 10.2. The average Bonchev–Trinajstić information content (AvgIpc) is 3.04. The summed E-state index contributed by atoms with van der Waals surface area (Å²) in [4.78, 5) is 50.3. The number of hydrogen-bond acceptors (Lipinski definition) is 6. The molecule has 0 aliphatic carbocycles. The average molecular weight is 473 g/mol. The lowest BCUT2D eigenvalue weighted by Gasteiger charge is -2.20.